The summed E-state index contributed by atoms with van der Waals surface area (Å²) in [6.45, 7) is 15.0. The number of fused-ring (bicyclic) bond motifs is 4. The number of morpholine rings is 3. The molecule has 7 aliphatic rings. The molecule has 0 bridgehead atoms. The molecular weight excluding hydrogens is 1710 g/mol. The second kappa shape index (κ2) is 41.5. The summed E-state index contributed by atoms with van der Waals surface area (Å²) >= 11 is 0. The van der Waals surface area contributed by atoms with E-state index in [9.17, 15) is 21.0 Å². The zero-order valence-electron chi connectivity index (χ0n) is 75.7. The van der Waals surface area contributed by atoms with Crippen molar-refractivity contribution in [2.24, 2.45) is 13.0 Å². The van der Waals surface area contributed by atoms with Crippen molar-refractivity contribution in [2.75, 3.05) is 140 Å². The van der Waals surface area contributed by atoms with Gasteiger partial charge in [-0.2, -0.15) is 26.1 Å². The standard InChI is InChI=1S/2C29H28N4O3.C28H26N4O2.C23H21N5O2/c30-19-22-17-21(3-6-28(22)36-24-8-13-34-14-9-24)29-25-18-27(32-26(25)7-10-31-29)20-1-4-23(5-2-20)33-11-15-35-16-12-33;30-19-22-16-21(4-5-28(22)36-24-7-12-34-13-8-24)29-25-18-27(32-26(25)6-9-31-29)20-2-1-3-23(17-20)33-10-14-35-15-11-33;29-17-22-15-21(5-8-27(22)34-18-19-1-2-19)28-24-16-26(31-25(24)9-10-30-28)20-3-6-23(7-4-20)32-11-13-33-14-12-32;1-28-14-17(13-26-28)21-11-19-20(27-21)4-7-25-23(19)15-2-3-22(16(10-15)12-24)30-18-5-8-29-9-6-18/h1-7,10,17-18,24,32H,8-9,11-16H2;1-6,9,16-18,24,32H,7-8,10-15H2;3-10,15-16,19,31H,1-2,11-14,18H2;2-4,7,10-11,13-14,18,27H,5-6,8-9H2,1H3. The van der Waals surface area contributed by atoms with Crippen molar-refractivity contribution in [2.45, 2.75) is 69.7 Å². The molecule has 23 rings (SSSR count). The van der Waals surface area contributed by atoms with Crippen LogP contribution in [-0.4, -0.2) is 193 Å². The molecule has 6 saturated heterocycles. The van der Waals surface area contributed by atoms with Crippen molar-refractivity contribution < 1.29 is 47.4 Å². The average molecular weight is 1810 g/mol. The second-order valence-corrected chi connectivity index (χ2v) is 34.9. The topological polar surface area (TPSA) is 330 Å². The zero-order valence-corrected chi connectivity index (χ0v) is 75.7. The summed E-state index contributed by atoms with van der Waals surface area (Å²) in [5, 5.41) is 47.3. The molecule has 9 aromatic heterocycles. The number of nitrogens with one attached hydrogen (secondary N) is 4. The Morgan fingerprint density at radius 3 is 0.978 bits per heavy atom. The van der Waals surface area contributed by atoms with E-state index in [-0.39, 0.29) is 18.3 Å². The Kier molecular flexibility index (Phi) is 27.1. The van der Waals surface area contributed by atoms with Crippen molar-refractivity contribution in [3.05, 3.63) is 254 Å². The lowest BCUT2D eigenvalue weighted by Gasteiger charge is -2.29. The number of anilines is 3. The number of hydrogen-bond donors (Lipinski definition) is 4. The van der Waals surface area contributed by atoms with Gasteiger partial charge in [0, 0.05) is 233 Å². The minimum atomic E-state index is 0.0821. The van der Waals surface area contributed by atoms with Crippen molar-refractivity contribution in [3.63, 3.8) is 0 Å². The fourth-order valence-electron chi connectivity index (χ4n) is 18.3. The fourth-order valence-corrected chi connectivity index (χ4v) is 18.3. The number of aromatic amines is 4. The van der Waals surface area contributed by atoms with Gasteiger partial charge in [-0.05, 0) is 188 Å². The number of benzene rings is 7. The van der Waals surface area contributed by atoms with E-state index in [0.29, 0.717) is 97.4 Å². The van der Waals surface area contributed by atoms with E-state index in [2.05, 4.69) is 181 Å². The van der Waals surface area contributed by atoms with Crippen LogP contribution in [0, 0.1) is 51.2 Å². The summed E-state index contributed by atoms with van der Waals surface area (Å²) in [7, 11) is 1.90. The molecular formula is C109H103N17O10. The Bertz CT molecular complexity index is 7100. The summed E-state index contributed by atoms with van der Waals surface area (Å²) in [6.07, 6.45) is 18.7. The van der Waals surface area contributed by atoms with Crippen LogP contribution in [0.25, 0.3) is 134 Å². The number of nitrogens with zero attached hydrogens (tertiary/aromatic N) is 13. The highest BCUT2D eigenvalue weighted by Gasteiger charge is 2.27. The predicted molar refractivity (Wildman–Crippen MR) is 524 cm³/mol. The van der Waals surface area contributed by atoms with E-state index in [1.165, 1.54) is 29.9 Å². The molecule has 136 heavy (non-hydrogen) atoms. The normalized spacial score (nSPS) is 16.1. The smallest absolute Gasteiger partial charge is 0.137 e. The molecule has 6 aliphatic heterocycles. The van der Waals surface area contributed by atoms with E-state index in [1.54, 1.807) is 23.3 Å². The lowest BCUT2D eigenvalue weighted by Crippen LogP contribution is -2.36. The van der Waals surface area contributed by atoms with Crippen LogP contribution in [0.2, 0.25) is 0 Å². The largest absolute Gasteiger partial charge is 0.492 e. The average Bonchev–Trinajstić information content (AvgIpc) is 1.63. The minimum Gasteiger partial charge on any atom is -0.492 e. The van der Waals surface area contributed by atoms with Crippen LogP contribution >= 0.6 is 0 Å². The number of nitriles is 4. The lowest BCUT2D eigenvalue weighted by molar-refractivity contribution is 0.0252. The molecule has 1 aliphatic carbocycles. The summed E-state index contributed by atoms with van der Waals surface area (Å²) in [5.41, 5.74) is 25.2. The van der Waals surface area contributed by atoms with E-state index >= 15 is 0 Å². The number of H-pyrrole nitrogens is 4. The first-order chi connectivity index (χ1) is 67.0. The van der Waals surface area contributed by atoms with E-state index in [0.717, 1.165) is 251 Å². The monoisotopic (exact) mass is 1810 g/mol. The quantitative estimate of drug-likeness (QED) is 0.0551. The van der Waals surface area contributed by atoms with E-state index < -0.39 is 0 Å². The highest BCUT2D eigenvalue weighted by Crippen LogP contribution is 2.42. The zero-order chi connectivity index (χ0) is 92.1. The van der Waals surface area contributed by atoms with Gasteiger partial charge in [0.15, 0.2) is 0 Å². The maximum atomic E-state index is 9.83. The molecule has 0 atom stereocenters. The fraction of sp³-hybridized carbons (Fsp3) is 0.294. The van der Waals surface area contributed by atoms with Gasteiger partial charge in [0.1, 0.15) is 65.6 Å². The van der Waals surface area contributed by atoms with Crippen molar-refractivity contribution >= 4 is 60.7 Å². The Labute approximate surface area is 787 Å². The number of aromatic nitrogens is 10. The summed E-state index contributed by atoms with van der Waals surface area (Å²) in [6, 6.07) is 74.5. The molecule has 16 aromatic rings. The molecule has 684 valence electrons. The van der Waals surface area contributed by atoms with Gasteiger partial charge >= 0.3 is 0 Å². The van der Waals surface area contributed by atoms with E-state index in [4.69, 9.17) is 47.4 Å². The van der Waals surface area contributed by atoms with Gasteiger partial charge in [-0.25, -0.2) is 0 Å². The van der Waals surface area contributed by atoms with Crippen LogP contribution in [0.3, 0.4) is 0 Å². The van der Waals surface area contributed by atoms with Crippen molar-refractivity contribution in [1.29, 1.82) is 21.0 Å². The molecule has 15 heterocycles. The van der Waals surface area contributed by atoms with Crippen LogP contribution in [-0.2, 0) is 35.5 Å². The number of rotatable bonds is 20. The molecule has 4 N–H and O–H groups in total. The summed E-state index contributed by atoms with van der Waals surface area (Å²) in [5.74, 6) is 3.15. The molecule has 7 fully saturated rings. The van der Waals surface area contributed by atoms with Gasteiger partial charge in [0.25, 0.3) is 0 Å². The molecule has 0 amide bonds. The van der Waals surface area contributed by atoms with Crippen molar-refractivity contribution in [3.8, 4) is 137 Å². The van der Waals surface area contributed by atoms with E-state index in [1.807, 2.05) is 123 Å². The van der Waals surface area contributed by atoms with Crippen LogP contribution in [0.5, 0.6) is 23.0 Å². The van der Waals surface area contributed by atoms with Gasteiger partial charge in [0.05, 0.1) is 137 Å². The number of hydrogen-bond acceptors (Lipinski definition) is 22. The maximum absolute atomic E-state index is 9.83. The Balaban J connectivity index is 0.000000112. The predicted octanol–water partition coefficient (Wildman–Crippen LogP) is 19.8. The molecule has 7 aromatic carbocycles. The highest BCUT2D eigenvalue weighted by molar-refractivity contribution is 6.00. The number of ether oxygens (including phenoxy) is 10. The van der Waals surface area contributed by atoms with Gasteiger partial charge in [0.2, 0.25) is 0 Å². The van der Waals surface area contributed by atoms with Gasteiger partial charge in [-0.15, -0.1) is 0 Å². The van der Waals surface area contributed by atoms with Crippen LogP contribution in [0.15, 0.2) is 231 Å². The second-order valence-electron chi connectivity index (χ2n) is 34.9. The minimum absolute atomic E-state index is 0.0821. The van der Waals surface area contributed by atoms with Crippen LogP contribution in [0.4, 0.5) is 17.1 Å². The Morgan fingerprint density at radius 2 is 0.640 bits per heavy atom. The third-order valence-electron chi connectivity index (χ3n) is 25.9. The molecule has 0 radical (unpaired) electrons. The number of pyridine rings is 4. The first kappa shape index (κ1) is 88.7. The first-order valence-corrected chi connectivity index (χ1v) is 46.8. The number of aryl methyl sites for hydroxylation is 1. The highest BCUT2D eigenvalue weighted by atomic mass is 16.5. The van der Waals surface area contributed by atoms with Crippen molar-refractivity contribution in [1.82, 2.24) is 49.7 Å². The maximum Gasteiger partial charge on any atom is 0.137 e. The SMILES string of the molecule is Cn1cc(-c2cc3c(-c4ccc(OC5CCOCC5)c(C#N)c4)nccc3[nH]2)cn1.N#Cc1cc(-c2nccc3[nH]c(-c4ccc(N5CCOCC5)cc4)cc23)ccc1OC1CCOCC1.N#Cc1cc(-c2nccc3[nH]c(-c4ccc(N5CCOCC5)cc4)cc23)ccc1OCC1CC1.N#Cc1cc(-c2nccc3[nH]c(-c4cccc(N5CCOCC5)c4)cc23)ccc1OC1CCOCC1. The molecule has 1 saturated carbocycles. The van der Waals surface area contributed by atoms with Crippen LogP contribution in [0.1, 0.15) is 73.6 Å². The van der Waals surface area contributed by atoms with Gasteiger partial charge in [-0.3, -0.25) is 24.6 Å². The molecule has 27 heteroatoms. The lowest BCUT2D eigenvalue weighted by atomic mass is 10.0. The molecule has 0 spiro atoms. The molecule has 0 unspecified atom stereocenters. The Hall–Kier alpha value is -15.2. The third-order valence-corrected chi connectivity index (χ3v) is 25.9. The Morgan fingerprint density at radius 1 is 0.324 bits per heavy atom. The summed E-state index contributed by atoms with van der Waals surface area (Å²) < 4.78 is 58.7. The summed E-state index contributed by atoms with van der Waals surface area (Å²) in [4.78, 5) is 39.8. The van der Waals surface area contributed by atoms with Gasteiger partial charge < -0.3 is 82.0 Å². The first-order valence-electron chi connectivity index (χ1n) is 46.8. The van der Waals surface area contributed by atoms with Crippen LogP contribution < -0.4 is 33.6 Å². The third kappa shape index (κ3) is 20.5. The van der Waals surface area contributed by atoms with Gasteiger partial charge in [-0.1, -0.05) is 36.4 Å². The molecule has 27 nitrogen and oxygen atoms in total.